The zero-order valence-corrected chi connectivity index (χ0v) is 12.8. The Labute approximate surface area is 127 Å². The molecule has 1 fully saturated rings. The van der Waals surface area contributed by atoms with Crippen molar-refractivity contribution in [1.82, 2.24) is 5.32 Å². The van der Waals surface area contributed by atoms with Gasteiger partial charge in [0.1, 0.15) is 5.75 Å². The molecular formula is C18H25NO2. The number of hydrogen-bond acceptors (Lipinski definition) is 2. The van der Waals surface area contributed by atoms with Gasteiger partial charge in [0.2, 0.25) is 5.91 Å². The van der Waals surface area contributed by atoms with Crippen LogP contribution in [0.2, 0.25) is 0 Å². The highest BCUT2D eigenvalue weighted by Crippen LogP contribution is 2.17. The number of benzene rings is 1. The van der Waals surface area contributed by atoms with E-state index < -0.39 is 0 Å². The molecule has 1 saturated carbocycles. The minimum Gasteiger partial charge on any atom is -0.497 e. The van der Waals surface area contributed by atoms with Gasteiger partial charge in [0.05, 0.1) is 7.11 Å². The molecule has 114 valence electrons. The van der Waals surface area contributed by atoms with Crippen molar-refractivity contribution < 1.29 is 9.53 Å². The van der Waals surface area contributed by atoms with Crippen molar-refractivity contribution in [3.8, 4) is 5.75 Å². The number of rotatable bonds is 4. The van der Waals surface area contributed by atoms with Crippen LogP contribution >= 0.6 is 0 Å². The predicted molar refractivity (Wildman–Crippen MR) is 86.3 cm³/mol. The Hall–Kier alpha value is -1.77. The van der Waals surface area contributed by atoms with Gasteiger partial charge in [-0.1, -0.05) is 44.2 Å². The van der Waals surface area contributed by atoms with Gasteiger partial charge in [-0.2, -0.15) is 0 Å². The van der Waals surface area contributed by atoms with E-state index in [-0.39, 0.29) is 5.91 Å². The Kier molecular flexibility index (Phi) is 6.32. The number of amides is 1. The first-order chi connectivity index (χ1) is 10.3. The fourth-order valence-electron chi connectivity index (χ4n) is 2.74. The average Bonchev–Trinajstić information content (AvgIpc) is 2.48. The number of carbonyl (C=O) groups excluding carboxylic acids is 1. The lowest BCUT2D eigenvalue weighted by Gasteiger charge is -2.20. The van der Waals surface area contributed by atoms with E-state index in [2.05, 4.69) is 5.32 Å². The summed E-state index contributed by atoms with van der Waals surface area (Å²) in [6, 6.07) is 8.02. The summed E-state index contributed by atoms with van der Waals surface area (Å²) in [6.45, 7) is 0. The van der Waals surface area contributed by atoms with Crippen molar-refractivity contribution in [3.05, 3.63) is 35.9 Å². The summed E-state index contributed by atoms with van der Waals surface area (Å²) in [5.41, 5.74) is 1.00. The van der Waals surface area contributed by atoms with Crippen molar-refractivity contribution in [2.24, 2.45) is 0 Å². The Bertz CT molecular complexity index is 457. The molecule has 3 nitrogen and oxygen atoms in total. The minimum atomic E-state index is 0.0105. The SMILES string of the molecule is COc1ccc(/C=C/C(=O)NC2CCCCCCC2)cc1. The molecular weight excluding hydrogens is 262 g/mol. The second-order valence-corrected chi connectivity index (χ2v) is 5.66. The Morgan fingerprint density at radius 3 is 2.33 bits per heavy atom. The van der Waals surface area contributed by atoms with E-state index >= 15 is 0 Å². The van der Waals surface area contributed by atoms with Gasteiger partial charge in [-0.25, -0.2) is 0 Å². The van der Waals surface area contributed by atoms with Crippen LogP contribution in [0, 0.1) is 0 Å². The molecule has 1 aliphatic rings. The molecule has 2 rings (SSSR count). The third-order valence-electron chi connectivity index (χ3n) is 3.99. The van der Waals surface area contributed by atoms with Gasteiger partial charge in [0, 0.05) is 12.1 Å². The molecule has 0 atom stereocenters. The highest BCUT2D eigenvalue weighted by molar-refractivity contribution is 5.91. The Balaban J connectivity index is 1.83. The zero-order valence-electron chi connectivity index (χ0n) is 12.8. The molecule has 0 aromatic heterocycles. The molecule has 0 radical (unpaired) electrons. The van der Waals surface area contributed by atoms with Crippen molar-refractivity contribution >= 4 is 12.0 Å². The van der Waals surface area contributed by atoms with Crippen LogP contribution < -0.4 is 10.1 Å². The van der Waals surface area contributed by atoms with Crippen LogP contribution in [0.25, 0.3) is 6.08 Å². The molecule has 0 bridgehead atoms. The monoisotopic (exact) mass is 287 g/mol. The highest BCUT2D eigenvalue weighted by atomic mass is 16.5. The van der Waals surface area contributed by atoms with Crippen LogP contribution in [-0.2, 0) is 4.79 Å². The summed E-state index contributed by atoms with van der Waals surface area (Å²) < 4.78 is 5.11. The summed E-state index contributed by atoms with van der Waals surface area (Å²) in [7, 11) is 1.65. The first-order valence-corrected chi connectivity index (χ1v) is 7.90. The fourth-order valence-corrected chi connectivity index (χ4v) is 2.74. The maximum atomic E-state index is 12.0. The maximum Gasteiger partial charge on any atom is 0.244 e. The van der Waals surface area contributed by atoms with Gasteiger partial charge in [-0.15, -0.1) is 0 Å². The van der Waals surface area contributed by atoms with E-state index in [4.69, 9.17) is 4.74 Å². The third-order valence-corrected chi connectivity index (χ3v) is 3.99. The van der Waals surface area contributed by atoms with Gasteiger partial charge in [0.15, 0.2) is 0 Å². The second kappa shape index (κ2) is 8.50. The van der Waals surface area contributed by atoms with Gasteiger partial charge in [-0.05, 0) is 36.6 Å². The number of nitrogens with one attached hydrogen (secondary N) is 1. The molecule has 0 aliphatic heterocycles. The van der Waals surface area contributed by atoms with E-state index in [1.165, 1.54) is 32.1 Å². The number of carbonyl (C=O) groups is 1. The van der Waals surface area contributed by atoms with Crippen molar-refractivity contribution in [1.29, 1.82) is 0 Å². The lowest BCUT2D eigenvalue weighted by molar-refractivity contribution is -0.117. The summed E-state index contributed by atoms with van der Waals surface area (Å²) in [5.74, 6) is 0.836. The van der Waals surface area contributed by atoms with E-state index in [9.17, 15) is 4.79 Å². The Morgan fingerprint density at radius 2 is 1.71 bits per heavy atom. The van der Waals surface area contributed by atoms with E-state index in [0.717, 1.165) is 24.2 Å². The van der Waals surface area contributed by atoms with Crippen molar-refractivity contribution in [2.45, 2.75) is 51.0 Å². The van der Waals surface area contributed by atoms with Gasteiger partial charge in [0.25, 0.3) is 0 Å². The largest absolute Gasteiger partial charge is 0.497 e. The highest BCUT2D eigenvalue weighted by Gasteiger charge is 2.12. The molecule has 0 heterocycles. The third kappa shape index (κ3) is 5.62. The predicted octanol–water partition coefficient (Wildman–Crippen LogP) is 3.94. The quantitative estimate of drug-likeness (QED) is 0.852. The first kappa shape index (κ1) is 15.6. The molecule has 1 aromatic carbocycles. The van der Waals surface area contributed by atoms with Crippen LogP contribution in [-0.4, -0.2) is 19.1 Å². The molecule has 0 spiro atoms. The zero-order chi connectivity index (χ0) is 14.9. The molecule has 1 amide bonds. The topological polar surface area (TPSA) is 38.3 Å². The fraction of sp³-hybridized carbons (Fsp3) is 0.500. The van der Waals surface area contributed by atoms with E-state index in [1.54, 1.807) is 13.2 Å². The summed E-state index contributed by atoms with van der Waals surface area (Å²) >= 11 is 0. The Morgan fingerprint density at radius 1 is 1.10 bits per heavy atom. The van der Waals surface area contributed by atoms with Crippen LogP contribution in [0.4, 0.5) is 0 Å². The lowest BCUT2D eigenvalue weighted by atomic mass is 9.97. The summed E-state index contributed by atoms with van der Waals surface area (Å²) in [6.07, 6.45) is 12.1. The molecule has 0 unspecified atom stereocenters. The molecule has 1 aliphatic carbocycles. The normalized spacial score (nSPS) is 17.2. The van der Waals surface area contributed by atoms with Crippen LogP contribution in [0.15, 0.2) is 30.3 Å². The number of hydrogen-bond donors (Lipinski definition) is 1. The van der Waals surface area contributed by atoms with Crippen LogP contribution in [0.5, 0.6) is 5.75 Å². The smallest absolute Gasteiger partial charge is 0.244 e. The standard InChI is InChI=1S/C18H25NO2/c1-21-17-12-9-15(10-13-17)11-14-18(20)19-16-7-5-3-2-4-6-8-16/h9-14,16H,2-8H2,1H3,(H,19,20)/b14-11+. The molecule has 0 saturated heterocycles. The van der Waals surface area contributed by atoms with Gasteiger partial charge >= 0.3 is 0 Å². The molecule has 1 N–H and O–H groups in total. The van der Waals surface area contributed by atoms with Crippen molar-refractivity contribution in [3.63, 3.8) is 0 Å². The summed E-state index contributed by atoms with van der Waals surface area (Å²) in [4.78, 5) is 12.0. The van der Waals surface area contributed by atoms with Crippen molar-refractivity contribution in [2.75, 3.05) is 7.11 Å². The summed E-state index contributed by atoms with van der Waals surface area (Å²) in [5, 5.41) is 3.13. The second-order valence-electron chi connectivity index (χ2n) is 5.66. The average molecular weight is 287 g/mol. The van der Waals surface area contributed by atoms with E-state index in [0.29, 0.717) is 6.04 Å². The van der Waals surface area contributed by atoms with Gasteiger partial charge < -0.3 is 10.1 Å². The maximum absolute atomic E-state index is 12.0. The number of methoxy groups -OCH3 is 1. The lowest BCUT2D eigenvalue weighted by Crippen LogP contribution is -2.34. The molecule has 1 aromatic rings. The number of ether oxygens (including phenoxy) is 1. The van der Waals surface area contributed by atoms with E-state index in [1.807, 2.05) is 30.3 Å². The van der Waals surface area contributed by atoms with Crippen LogP contribution in [0.3, 0.4) is 0 Å². The molecule has 3 heteroatoms. The first-order valence-electron chi connectivity index (χ1n) is 7.90. The van der Waals surface area contributed by atoms with Gasteiger partial charge in [-0.3, -0.25) is 4.79 Å². The molecule has 21 heavy (non-hydrogen) atoms. The minimum absolute atomic E-state index is 0.0105. The van der Waals surface area contributed by atoms with Crippen LogP contribution in [0.1, 0.15) is 50.5 Å².